The molecule has 17 heavy (non-hydrogen) atoms. The van der Waals surface area contributed by atoms with Crippen LogP contribution in [0.1, 0.15) is 32.8 Å². The summed E-state index contributed by atoms with van der Waals surface area (Å²) < 4.78 is 4.95. The van der Waals surface area contributed by atoms with Crippen molar-refractivity contribution in [3.8, 4) is 5.75 Å². The molecule has 1 rings (SSSR count). The summed E-state index contributed by atoms with van der Waals surface area (Å²) in [7, 11) is 0. The van der Waals surface area contributed by atoms with Gasteiger partial charge in [0.05, 0.1) is 13.0 Å². The standard InChI is InChI=1S/C14H20O3/c1-4-17-13(16)10-14(2,3)9-11-6-5-7-12(15)8-11/h5-8,15H,4,9-10H2,1-3H3. The molecule has 0 amide bonds. The van der Waals surface area contributed by atoms with Crippen molar-refractivity contribution in [2.24, 2.45) is 5.41 Å². The molecule has 0 aliphatic heterocycles. The Balaban J connectivity index is 2.62. The number of carbonyl (C=O) groups is 1. The highest BCUT2D eigenvalue weighted by atomic mass is 16.5. The third-order valence-electron chi connectivity index (χ3n) is 2.52. The Morgan fingerprint density at radius 1 is 1.41 bits per heavy atom. The van der Waals surface area contributed by atoms with Gasteiger partial charge >= 0.3 is 5.97 Å². The Morgan fingerprint density at radius 3 is 2.71 bits per heavy atom. The van der Waals surface area contributed by atoms with Crippen LogP contribution in [0, 0.1) is 5.41 Å². The third-order valence-corrected chi connectivity index (χ3v) is 2.52. The maximum Gasteiger partial charge on any atom is 0.306 e. The summed E-state index contributed by atoms with van der Waals surface area (Å²) in [5.74, 6) is 0.0899. The van der Waals surface area contributed by atoms with Crippen LogP contribution >= 0.6 is 0 Å². The summed E-state index contributed by atoms with van der Waals surface area (Å²) in [6.45, 7) is 6.27. The molecule has 1 N–H and O–H groups in total. The molecule has 0 saturated carbocycles. The Morgan fingerprint density at radius 2 is 2.12 bits per heavy atom. The Labute approximate surface area is 102 Å². The van der Waals surface area contributed by atoms with Gasteiger partial charge in [0.25, 0.3) is 0 Å². The number of carbonyl (C=O) groups excluding carboxylic acids is 1. The van der Waals surface area contributed by atoms with Crippen LogP contribution < -0.4 is 0 Å². The first-order valence-electron chi connectivity index (χ1n) is 5.86. The van der Waals surface area contributed by atoms with Gasteiger partial charge in [0.15, 0.2) is 0 Å². The lowest BCUT2D eigenvalue weighted by atomic mass is 9.83. The van der Waals surface area contributed by atoms with Crippen LogP contribution in [0.5, 0.6) is 5.75 Å². The van der Waals surface area contributed by atoms with E-state index in [0.29, 0.717) is 13.0 Å². The molecule has 0 aromatic heterocycles. The lowest BCUT2D eigenvalue weighted by Crippen LogP contribution is -2.21. The van der Waals surface area contributed by atoms with Gasteiger partial charge in [-0.25, -0.2) is 0 Å². The lowest BCUT2D eigenvalue weighted by molar-refractivity contribution is -0.145. The molecular formula is C14H20O3. The van der Waals surface area contributed by atoms with Crippen LogP contribution in [-0.4, -0.2) is 17.7 Å². The largest absolute Gasteiger partial charge is 0.508 e. The molecule has 1 aromatic rings. The van der Waals surface area contributed by atoms with Crippen molar-refractivity contribution < 1.29 is 14.6 Å². The van der Waals surface area contributed by atoms with Gasteiger partial charge in [-0.1, -0.05) is 26.0 Å². The van der Waals surface area contributed by atoms with Crippen LogP contribution in [0.3, 0.4) is 0 Å². The van der Waals surface area contributed by atoms with E-state index in [0.717, 1.165) is 12.0 Å². The molecule has 0 spiro atoms. The Bertz CT molecular complexity index is 383. The van der Waals surface area contributed by atoms with Crippen LogP contribution in [-0.2, 0) is 16.0 Å². The summed E-state index contributed by atoms with van der Waals surface area (Å²) in [5.41, 5.74) is 0.861. The van der Waals surface area contributed by atoms with Crippen molar-refractivity contribution in [2.75, 3.05) is 6.61 Å². The van der Waals surface area contributed by atoms with Crippen molar-refractivity contribution in [3.05, 3.63) is 29.8 Å². The van der Waals surface area contributed by atoms with E-state index in [1.165, 1.54) is 0 Å². The minimum atomic E-state index is -0.169. The lowest BCUT2D eigenvalue weighted by Gasteiger charge is -2.23. The minimum absolute atomic E-state index is 0.167. The SMILES string of the molecule is CCOC(=O)CC(C)(C)Cc1cccc(O)c1. The zero-order chi connectivity index (χ0) is 12.9. The molecule has 0 aliphatic rings. The summed E-state index contributed by atoms with van der Waals surface area (Å²) >= 11 is 0. The molecule has 3 heteroatoms. The van der Waals surface area contributed by atoms with Crippen LogP contribution in [0.4, 0.5) is 0 Å². The number of phenols is 1. The highest BCUT2D eigenvalue weighted by Crippen LogP contribution is 2.27. The zero-order valence-electron chi connectivity index (χ0n) is 10.7. The van der Waals surface area contributed by atoms with Gasteiger partial charge in [0.2, 0.25) is 0 Å². The molecule has 94 valence electrons. The molecule has 0 atom stereocenters. The van der Waals surface area contributed by atoms with Crippen LogP contribution in [0.2, 0.25) is 0 Å². The molecule has 0 heterocycles. The summed E-state index contributed by atoms with van der Waals surface area (Å²) in [4.78, 5) is 11.4. The molecule has 3 nitrogen and oxygen atoms in total. The van der Waals surface area contributed by atoms with E-state index in [-0.39, 0.29) is 17.1 Å². The van der Waals surface area contributed by atoms with Gasteiger partial charge in [-0.2, -0.15) is 0 Å². The normalized spacial score (nSPS) is 11.2. The first-order chi connectivity index (χ1) is 7.93. The molecular weight excluding hydrogens is 216 g/mol. The number of aromatic hydroxyl groups is 1. The summed E-state index contributed by atoms with van der Waals surface area (Å²) in [6, 6.07) is 7.13. The molecule has 0 unspecified atom stereocenters. The second kappa shape index (κ2) is 5.71. The van der Waals surface area contributed by atoms with Gasteiger partial charge in [0, 0.05) is 0 Å². The van der Waals surface area contributed by atoms with E-state index in [2.05, 4.69) is 0 Å². The van der Waals surface area contributed by atoms with E-state index in [9.17, 15) is 9.90 Å². The molecule has 1 aromatic carbocycles. The zero-order valence-corrected chi connectivity index (χ0v) is 10.7. The number of esters is 1. The molecule has 0 radical (unpaired) electrons. The van der Waals surface area contributed by atoms with E-state index in [1.807, 2.05) is 26.0 Å². The van der Waals surface area contributed by atoms with Crippen molar-refractivity contribution in [1.29, 1.82) is 0 Å². The van der Waals surface area contributed by atoms with Gasteiger partial charge in [0.1, 0.15) is 5.75 Å². The molecule has 0 aliphatic carbocycles. The monoisotopic (exact) mass is 236 g/mol. The fourth-order valence-electron chi connectivity index (χ4n) is 1.88. The quantitative estimate of drug-likeness (QED) is 0.799. The van der Waals surface area contributed by atoms with Gasteiger partial charge < -0.3 is 9.84 Å². The van der Waals surface area contributed by atoms with Gasteiger partial charge in [-0.3, -0.25) is 4.79 Å². The first kappa shape index (κ1) is 13.6. The van der Waals surface area contributed by atoms with Crippen molar-refractivity contribution in [3.63, 3.8) is 0 Å². The fraction of sp³-hybridized carbons (Fsp3) is 0.500. The number of rotatable bonds is 5. The van der Waals surface area contributed by atoms with E-state index in [1.54, 1.807) is 19.1 Å². The second-order valence-corrected chi connectivity index (χ2v) is 4.99. The topological polar surface area (TPSA) is 46.5 Å². The average molecular weight is 236 g/mol. The second-order valence-electron chi connectivity index (χ2n) is 4.99. The maximum atomic E-state index is 11.4. The molecule has 0 bridgehead atoms. The Hall–Kier alpha value is -1.51. The van der Waals surface area contributed by atoms with Gasteiger partial charge in [-0.05, 0) is 36.5 Å². The Kier molecular flexibility index (Phi) is 4.55. The predicted octanol–water partition coefficient (Wildman–Crippen LogP) is 2.91. The summed E-state index contributed by atoms with van der Waals surface area (Å²) in [6.07, 6.45) is 1.12. The summed E-state index contributed by atoms with van der Waals surface area (Å²) in [5, 5.41) is 9.38. The third kappa shape index (κ3) is 4.89. The number of phenolic OH excluding ortho intramolecular Hbond substituents is 1. The number of hydrogen-bond donors (Lipinski definition) is 1. The maximum absolute atomic E-state index is 11.4. The fourth-order valence-corrected chi connectivity index (χ4v) is 1.88. The number of ether oxygens (including phenoxy) is 1. The van der Waals surface area contributed by atoms with Crippen molar-refractivity contribution >= 4 is 5.97 Å². The van der Waals surface area contributed by atoms with E-state index in [4.69, 9.17) is 4.74 Å². The van der Waals surface area contributed by atoms with Crippen molar-refractivity contribution in [2.45, 2.75) is 33.6 Å². The van der Waals surface area contributed by atoms with Gasteiger partial charge in [-0.15, -0.1) is 0 Å². The molecule has 0 fully saturated rings. The smallest absolute Gasteiger partial charge is 0.306 e. The minimum Gasteiger partial charge on any atom is -0.508 e. The van der Waals surface area contributed by atoms with Crippen LogP contribution in [0.15, 0.2) is 24.3 Å². The van der Waals surface area contributed by atoms with E-state index >= 15 is 0 Å². The predicted molar refractivity (Wildman–Crippen MR) is 66.8 cm³/mol. The highest BCUT2D eigenvalue weighted by molar-refractivity contribution is 5.70. The first-order valence-corrected chi connectivity index (χ1v) is 5.86. The average Bonchev–Trinajstić information content (AvgIpc) is 2.15. The number of benzene rings is 1. The highest BCUT2D eigenvalue weighted by Gasteiger charge is 2.23. The van der Waals surface area contributed by atoms with Crippen LogP contribution in [0.25, 0.3) is 0 Å². The molecule has 0 saturated heterocycles. The van der Waals surface area contributed by atoms with E-state index < -0.39 is 0 Å². The van der Waals surface area contributed by atoms with Crippen molar-refractivity contribution in [1.82, 2.24) is 0 Å². The number of hydrogen-bond acceptors (Lipinski definition) is 3.